The number of nitrogens with one attached hydrogen (secondary N) is 2. The molecule has 0 aliphatic carbocycles. The van der Waals surface area contributed by atoms with E-state index in [-0.39, 0.29) is 0 Å². The fraction of sp³-hybridized carbons (Fsp3) is 0.0769. The van der Waals surface area contributed by atoms with E-state index in [4.69, 9.17) is 0 Å². The summed E-state index contributed by atoms with van der Waals surface area (Å²) in [6.45, 7) is 4.44. The van der Waals surface area contributed by atoms with Crippen molar-refractivity contribution in [2.24, 2.45) is 0 Å². The number of hydrogen-bond acceptors (Lipinski definition) is 0. The Kier molecular flexibility index (Phi) is 3.05. The van der Waals surface area contributed by atoms with Crippen molar-refractivity contribution in [2.45, 2.75) is 13.8 Å². The molecule has 0 fully saturated rings. The molecule has 0 saturated heterocycles. The van der Waals surface area contributed by atoms with Crippen LogP contribution in [0.2, 0.25) is 0 Å². The molecule has 28 heavy (non-hydrogen) atoms. The van der Waals surface area contributed by atoms with Crippen LogP contribution in [-0.2, 0) is 0 Å². The van der Waals surface area contributed by atoms with Crippen LogP contribution in [0.25, 0.3) is 54.8 Å². The highest BCUT2D eigenvalue weighted by Gasteiger charge is 2.17. The number of benzene rings is 4. The molecule has 0 radical (unpaired) electrons. The maximum Gasteiger partial charge on any atom is 0.0460 e. The third-order valence-electron chi connectivity index (χ3n) is 6.09. The largest absolute Gasteiger partial charge is 0.361 e. The number of aromatic amines is 2. The molecule has 0 spiro atoms. The summed E-state index contributed by atoms with van der Waals surface area (Å²) in [5.41, 5.74) is 7.51. The first kappa shape index (κ1) is 15.5. The molecule has 0 amide bonds. The summed E-state index contributed by atoms with van der Waals surface area (Å²) in [5, 5.41) is 8.04. The minimum atomic E-state index is 1.17. The molecule has 6 aromatic rings. The fourth-order valence-electron chi connectivity index (χ4n) is 4.79. The lowest BCUT2D eigenvalue weighted by atomic mass is 9.85. The maximum atomic E-state index is 3.40. The van der Waals surface area contributed by atoms with Gasteiger partial charge in [-0.3, -0.25) is 0 Å². The van der Waals surface area contributed by atoms with E-state index in [2.05, 4.69) is 84.5 Å². The molecule has 0 aliphatic heterocycles. The van der Waals surface area contributed by atoms with Crippen molar-refractivity contribution in [3.8, 4) is 22.5 Å². The first-order chi connectivity index (χ1) is 13.7. The number of H-pyrrole nitrogens is 2. The van der Waals surface area contributed by atoms with E-state index in [1.807, 2.05) is 12.4 Å². The lowest BCUT2D eigenvalue weighted by Crippen LogP contribution is -1.93. The van der Waals surface area contributed by atoms with Gasteiger partial charge in [0, 0.05) is 34.9 Å². The van der Waals surface area contributed by atoms with Crippen molar-refractivity contribution >= 4 is 32.3 Å². The van der Waals surface area contributed by atoms with E-state index in [0.29, 0.717) is 0 Å². The van der Waals surface area contributed by atoms with Crippen LogP contribution in [0.1, 0.15) is 11.1 Å². The van der Waals surface area contributed by atoms with Gasteiger partial charge in [-0.05, 0) is 93.7 Å². The predicted octanol–water partition coefficient (Wildman–Crippen LogP) is 7.19. The molecule has 0 saturated carbocycles. The van der Waals surface area contributed by atoms with E-state index in [0.717, 1.165) is 0 Å². The summed E-state index contributed by atoms with van der Waals surface area (Å²) in [6.07, 6.45) is 3.99. The predicted molar refractivity (Wildman–Crippen MR) is 119 cm³/mol. The SMILES string of the molecule is Cc1cc(-c2ccc[nH]2)c2ccc3c(C)cc(-c4ccc[nH]4)c4ccc1c2c34. The summed E-state index contributed by atoms with van der Waals surface area (Å²) in [7, 11) is 0. The normalized spacial score (nSPS) is 11.9. The van der Waals surface area contributed by atoms with Gasteiger partial charge < -0.3 is 9.97 Å². The molecule has 0 aliphatic rings. The summed E-state index contributed by atoms with van der Waals surface area (Å²) < 4.78 is 0. The second-order valence-electron chi connectivity index (χ2n) is 7.72. The Hall–Kier alpha value is -3.52. The van der Waals surface area contributed by atoms with Crippen molar-refractivity contribution < 1.29 is 0 Å². The summed E-state index contributed by atoms with van der Waals surface area (Å²) in [4.78, 5) is 6.79. The van der Waals surface area contributed by atoms with Crippen LogP contribution >= 0.6 is 0 Å². The molecule has 134 valence electrons. The van der Waals surface area contributed by atoms with Gasteiger partial charge in [0.15, 0.2) is 0 Å². The van der Waals surface area contributed by atoms with E-state index >= 15 is 0 Å². The number of rotatable bonds is 2. The van der Waals surface area contributed by atoms with Gasteiger partial charge in [0.2, 0.25) is 0 Å². The average molecular weight is 360 g/mol. The Labute approximate surface area is 163 Å². The molecule has 0 bridgehead atoms. The molecule has 2 nitrogen and oxygen atoms in total. The molecule has 2 aromatic heterocycles. The van der Waals surface area contributed by atoms with Gasteiger partial charge in [0.05, 0.1) is 0 Å². The Morgan fingerprint density at radius 3 is 1.36 bits per heavy atom. The summed E-state index contributed by atoms with van der Waals surface area (Å²) in [5.74, 6) is 0. The molecule has 0 atom stereocenters. The van der Waals surface area contributed by atoms with Crippen molar-refractivity contribution in [3.63, 3.8) is 0 Å². The Morgan fingerprint density at radius 1 is 0.536 bits per heavy atom. The Morgan fingerprint density at radius 2 is 0.964 bits per heavy atom. The molecule has 6 rings (SSSR count). The highest BCUT2D eigenvalue weighted by molar-refractivity contribution is 6.28. The smallest absolute Gasteiger partial charge is 0.0460 e. The van der Waals surface area contributed by atoms with Gasteiger partial charge >= 0.3 is 0 Å². The van der Waals surface area contributed by atoms with Crippen molar-refractivity contribution in [3.05, 3.63) is 84.2 Å². The van der Waals surface area contributed by atoms with Crippen LogP contribution in [-0.4, -0.2) is 9.97 Å². The second kappa shape index (κ2) is 5.49. The Bertz CT molecular complexity index is 1340. The zero-order valence-electron chi connectivity index (χ0n) is 15.9. The van der Waals surface area contributed by atoms with Crippen LogP contribution in [0.3, 0.4) is 0 Å². The molecule has 2 heterocycles. The minimum Gasteiger partial charge on any atom is -0.361 e. The van der Waals surface area contributed by atoms with Gasteiger partial charge in [-0.25, -0.2) is 0 Å². The zero-order valence-corrected chi connectivity index (χ0v) is 15.9. The van der Waals surface area contributed by atoms with Gasteiger partial charge in [0.1, 0.15) is 0 Å². The minimum absolute atomic E-state index is 1.17. The molecule has 2 heteroatoms. The standard InChI is InChI=1S/C26H20N2/c1-15-13-21(23-5-3-11-27-23)19-10-8-18-16(2)14-22(24-6-4-12-28-24)20-9-7-17(15)25(19)26(18)20/h3-14,27-28H,1-2H3. The van der Waals surface area contributed by atoms with Crippen molar-refractivity contribution in [2.75, 3.05) is 0 Å². The third-order valence-corrected chi connectivity index (χ3v) is 6.09. The van der Waals surface area contributed by atoms with E-state index in [9.17, 15) is 0 Å². The Balaban J connectivity index is 1.86. The second-order valence-corrected chi connectivity index (χ2v) is 7.72. The highest BCUT2D eigenvalue weighted by atomic mass is 14.7. The maximum absolute atomic E-state index is 3.40. The van der Waals surface area contributed by atoms with E-state index < -0.39 is 0 Å². The molecule has 2 N–H and O–H groups in total. The first-order valence-electron chi connectivity index (χ1n) is 9.71. The van der Waals surface area contributed by atoms with Gasteiger partial charge in [-0.1, -0.05) is 24.3 Å². The van der Waals surface area contributed by atoms with E-state index in [1.165, 1.54) is 66.0 Å². The number of aromatic nitrogens is 2. The molecule has 4 aromatic carbocycles. The average Bonchev–Trinajstić information content (AvgIpc) is 3.42. The fourth-order valence-corrected chi connectivity index (χ4v) is 4.79. The summed E-state index contributed by atoms with van der Waals surface area (Å²) in [6, 6.07) is 22.2. The quantitative estimate of drug-likeness (QED) is 0.306. The molecular weight excluding hydrogens is 340 g/mol. The molecular formula is C26H20N2. The zero-order chi connectivity index (χ0) is 18.8. The van der Waals surface area contributed by atoms with Gasteiger partial charge in [-0.15, -0.1) is 0 Å². The molecule has 0 unspecified atom stereocenters. The number of hydrogen-bond donors (Lipinski definition) is 2. The topological polar surface area (TPSA) is 31.6 Å². The monoisotopic (exact) mass is 360 g/mol. The van der Waals surface area contributed by atoms with Crippen LogP contribution in [0.15, 0.2) is 73.1 Å². The van der Waals surface area contributed by atoms with Crippen molar-refractivity contribution in [1.82, 2.24) is 9.97 Å². The van der Waals surface area contributed by atoms with Crippen LogP contribution in [0, 0.1) is 13.8 Å². The van der Waals surface area contributed by atoms with Crippen LogP contribution in [0.4, 0.5) is 0 Å². The third kappa shape index (κ3) is 1.97. The van der Waals surface area contributed by atoms with Gasteiger partial charge in [0.25, 0.3) is 0 Å². The van der Waals surface area contributed by atoms with Gasteiger partial charge in [-0.2, -0.15) is 0 Å². The lowest BCUT2D eigenvalue weighted by Gasteiger charge is -2.18. The van der Waals surface area contributed by atoms with E-state index in [1.54, 1.807) is 0 Å². The van der Waals surface area contributed by atoms with Crippen LogP contribution < -0.4 is 0 Å². The van der Waals surface area contributed by atoms with Crippen LogP contribution in [0.5, 0.6) is 0 Å². The first-order valence-corrected chi connectivity index (χ1v) is 9.71. The number of aryl methyl sites for hydroxylation is 2. The summed E-state index contributed by atoms with van der Waals surface area (Å²) >= 11 is 0. The van der Waals surface area contributed by atoms with Crippen molar-refractivity contribution in [1.29, 1.82) is 0 Å². The highest BCUT2D eigenvalue weighted by Crippen LogP contribution is 2.43. The lowest BCUT2D eigenvalue weighted by molar-refractivity contribution is 1.40.